The van der Waals surface area contributed by atoms with Crippen LogP contribution in [-0.4, -0.2) is 54.1 Å². The van der Waals surface area contributed by atoms with Crippen molar-refractivity contribution in [2.75, 3.05) is 29.9 Å². The Labute approximate surface area is 249 Å². The van der Waals surface area contributed by atoms with E-state index in [4.69, 9.17) is 17.3 Å². The highest BCUT2D eigenvalue weighted by Crippen LogP contribution is 2.29. The topological polar surface area (TPSA) is 143 Å². The molecule has 222 valence electrons. The Morgan fingerprint density at radius 3 is 2.38 bits per heavy atom. The zero-order chi connectivity index (χ0) is 30.9. The lowest BCUT2D eigenvalue weighted by Gasteiger charge is -2.30. The number of nitrogens with two attached hydrogens (primary N) is 1. The summed E-state index contributed by atoms with van der Waals surface area (Å²) < 4.78 is 37.3. The maximum Gasteiger partial charge on any atom is 0.331 e. The SMILES string of the molecule is CCCN(C(=O)CNc1ccc2c(N)nccc2c1)[C@H](C(=O)O)c1ccccc1S(=O)(=O)CC.Fc1ccc(Cl)cc1. The van der Waals surface area contributed by atoms with E-state index in [0.29, 0.717) is 22.9 Å². The van der Waals surface area contributed by atoms with E-state index >= 15 is 0 Å². The van der Waals surface area contributed by atoms with Gasteiger partial charge in [-0.15, -0.1) is 0 Å². The van der Waals surface area contributed by atoms with Gasteiger partial charge in [-0.1, -0.05) is 43.6 Å². The lowest BCUT2D eigenvalue weighted by Crippen LogP contribution is -2.42. The van der Waals surface area contributed by atoms with Gasteiger partial charge in [0, 0.05) is 34.4 Å². The summed E-state index contributed by atoms with van der Waals surface area (Å²) in [6.45, 7) is 3.30. The van der Waals surface area contributed by atoms with Crippen molar-refractivity contribution in [2.45, 2.75) is 31.2 Å². The summed E-state index contributed by atoms with van der Waals surface area (Å²) in [6.07, 6.45) is 2.09. The molecule has 0 spiro atoms. The minimum absolute atomic E-state index is 0.0762. The van der Waals surface area contributed by atoms with Crippen LogP contribution in [0, 0.1) is 5.82 Å². The van der Waals surface area contributed by atoms with Crippen LogP contribution in [0.1, 0.15) is 31.9 Å². The second-order valence-corrected chi connectivity index (χ2v) is 11.9. The second kappa shape index (κ2) is 14.6. The molecule has 4 N–H and O–H groups in total. The normalized spacial score (nSPS) is 11.7. The van der Waals surface area contributed by atoms with Gasteiger partial charge in [-0.25, -0.2) is 22.6 Å². The van der Waals surface area contributed by atoms with Gasteiger partial charge in [0.25, 0.3) is 0 Å². The molecule has 12 heteroatoms. The summed E-state index contributed by atoms with van der Waals surface area (Å²) in [5.74, 6) is -1.79. The summed E-state index contributed by atoms with van der Waals surface area (Å²) in [5, 5.41) is 15.3. The van der Waals surface area contributed by atoms with E-state index in [9.17, 15) is 27.5 Å². The predicted octanol–water partition coefficient (Wildman–Crippen LogP) is 5.57. The number of carboxylic acid groups (broad SMARTS) is 1. The van der Waals surface area contributed by atoms with Crippen molar-refractivity contribution in [3.63, 3.8) is 0 Å². The number of rotatable bonds is 10. The molecule has 0 aliphatic carbocycles. The van der Waals surface area contributed by atoms with Crippen LogP contribution in [0.2, 0.25) is 5.02 Å². The van der Waals surface area contributed by atoms with Gasteiger partial charge < -0.3 is 21.1 Å². The van der Waals surface area contributed by atoms with Gasteiger partial charge >= 0.3 is 5.97 Å². The number of carbonyl (C=O) groups excluding carboxylic acids is 1. The van der Waals surface area contributed by atoms with Crippen LogP contribution in [-0.2, 0) is 19.4 Å². The molecule has 3 aromatic carbocycles. The Balaban J connectivity index is 0.000000521. The summed E-state index contributed by atoms with van der Waals surface area (Å²) in [5.41, 5.74) is 6.61. The van der Waals surface area contributed by atoms with Gasteiger partial charge in [-0.2, -0.15) is 0 Å². The Kier molecular flexibility index (Phi) is 11.2. The predicted molar refractivity (Wildman–Crippen MR) is 163 cm³/mol. The number of pyridine rings is 1. The van der Waals surface area contributed by atoms with E-state index in [2.05, 4.69) is 10.3 Å². The minimum atomic E-state index is -3.69. The fourth-order valence-corrected chi connectivity index (χ4v) is 5.50. The number of fused-ring (bicyclic) bond motifs is 1. The number of nitrogen functional groups attached to an aromatic ring is 1. The number of carbonyl (C=O) groups is 2. The molecule has 0 aliphatic heterocycles. The van der Waals surface area contributed by atoms with Crippen LogP contribution in [0.5, 0.6) is 0 Å². The van der Waals surface area contributed by atoms with Gasteiger partial charge in [0.1, 0.15) is 11.6 Å². The molecule has 1 amide bonds. The molecule has 0 saturated carbocycles. The first-order chi connectivity index (χ1) is 20.0. The number of hydrogen-bond acceptors (Lipinski definition) is 7. The average molecular weight is 615 g/mol. The number of nitrogens with zero attached hydrogens (tertiary/aromatic N) is 2. The van der Waals surface area contributed by atoms with E-state index in [-0.39, 0.29) is 35.1 Å². The molecular weight excluding hydrogens is 583 g/mol. The second-order valence-electron chi connectivity index (χ2n) is 9.19. The zero-order valence-electron chi connectivity index (χ0n) is 23.1. The zero-order valence-corrected chi connectivity index (χ0v) is 24.7. The fraction of sp³-hybridized carbons (Fsp3) is 0.233. The molecule has 1 aromatic heterocycles. The third-order valence-corrected chi connectivity index (χ3v) is 8.36. The fourth-order valence-electron chi connectivity index (χ4n) is 4.24. The van der Waals surface area contributed by atoms with Crippen LogP contribution in [0.15, 0.2) is 83.9 Å². The van der Waals surface area contributed by atoms with E-state index in [0.717, 1.165) is 10.8 Å². The molecule has 42 heavy (non-hydrogen) atoms. The standard InChI is InChI=1S/C24H28N4O5S.C6H4ClF/c1-3-13-28(22(24(30)31)19-7-5-6-8-20(19)34(32,33)4-2)21(29)15-27-17-9-10-18-16(14-17)11-12-26-23(18)25;7-5-1-3-6(8)4-2-5/h5-12,14,22,27H,3-4,13,15H2,1-2H3,(H2,25,26)(H,30,31);1-4H/t22-;/m0./s1. The van der Waals surface area contributed by atoms with Crippen LogP contribution in [0.4, 0.5) is 15.9 Å². The highest BCUT2D eigenvalue weighted by atomic mass is 35.5. The first kappa shape index (κ1) is 32.3. The van der Waals surface area contributed by atoms with Crippen LogP contribution in [0.3, 0.4) is 0 Å². The van der Waals surface area contributed by atoms with Gasteiger partial charge in [-0.05, 0) is 66.4 Å². The molecule has 9 nitrogen and oxygen atoms in total. The monoisotopic (exact) mass is 614 g/mol. The van der Waals surface area contributed by atoms with Crippen LogP contribution in [0.25, 0.3) is 10.8 Å². The summed E-state index contributed by atoms with van der Waals surface area (Å²) in [4.78, 5) is 30.7. The maximum atomic E-state index is 13.2. The summed E-state index contributed by atoms with van der Waals surface area (Å²) in [7, 11) is -3.69. The Bertz CT molecular complexity index is 1630. The molecule has 0 unspecified atom stereocenters. The largest absolute Gasteiger partial charge is 0.479 e. The molecule has 4 aromatic rings. The van der Waals surface area contributed by atoms with Gasteiger partial charge in [0.05, 0.1) is 17.2 Å². The van der Waals surface area contributed by atoms with E-state index < -0.39 is 27.8 Å². The van der Waals surface area contributed by atoms with Crippen LogP contribution >= 0.6 is 11.6 Å². The number of sulfone groups is 1. The first-order valence-corrected chi connectivity index (χ1v) is 15.1. The van der Waals surface area contributed by atoms with Gasteiger partial charge in [0.2, 0.25) is 5.91 Å². The van der Waals surface area contributed by atoms with Crippen molar-refractivity contribution < 1.29 is 27.5 Å². The molecule has 4 rings (SSSR count). The first-order valence-electron chi connectivity index (χ1n) is 13.1. The van der Waals surface area contributed by atoms with Crippen molar-refractivity contribution in [1.29, 1.82) is 0 Å². The number of anilines is 2. The van der Waals surface area contributed by atoms with Crippen LogP contribution < -0.4 is 11.1 Å². The van der Waals surface area contributed by atoms with E-state index in [1.54, 1.807) is 36.5 Å². The number of amides is 1. The number of halogens is 2. The summed E-state index contributed by atoms with van der Waals surface area (Å²) >= 11 is 5.44. The van der Waals surface area contributed by atoms with Crippen molar-refractivity contribution >= 4 is 55.6 Å². The smallest absolute Gasteiger partial charge is 0.331 e. The molecule has 0 bridgehead atoms. The van der Waals surface area contributed by atoms with Gasteiger partial charge in [-0.3, -0.25) is 4.79 Å². The lowest BCUT2D eigenvalue weighted by atomic mass is 10.0. The maximum absolute atomic E-state index is 13.2. The summed E-state index contributed by atoms with van der Waals surface area (Å²) in [6, 6.07) is 17.3. The molecule has 0 radical (unpaired) electrons. The molecule has 1 atom stereocenters. The Morgan fingerprint density at radius 2 is 1.76 bits per heavy atom. The number of aromatic nitrogens is 1. The third kappa shape index (κ3) is 8.17. The number of aliphatic carboxylic acids is 1. The van der Waals surface area contributed by atoms with Crippen molar-refractivity contribution in [3.8, 4) is 0 Å². The third-order valence-electron chi connectivity index (χ3n) is 6.30. The molecule has 0 aliphatic rings. The van der Waals surface area contributed by atoms with E-state index in [1.165, 1.54) is 48.2 Å². The lowest BCUT2D eigenvalue weighted by molar-refractivity contribution is -0.150. The Hall–Kier alpha value is -4.22. The Morgan fingerprint density at radius 1 is 1.07 bits per heavy atom. The molecule has 0 saturated heterocycles. The highest BCUT2D eigenvalue weighted by molar-refractivity contribution is 7.91. The minimum Gasteiger partial charge on any atom is -0.479 e. The number of carboxylic acids is 1. The van der Waals surface area contributed by atoms with Crippen molar-refractivity contribution in [1.82, 2.24) is 9.88 Å². The number of benzene rings is 3. The molecular formula is C30H32ClFN4O5S. The van der Waals surface area contributed by atoms with Gasteiger partial charge in [0.15, 0.2) is 15.9 Å². The average Bonchev–Trinajstić information content (AvgIpc) is 2.97. The molecule has 0 fully saturated rings. The number of nitrogens with one attached hydrogen (secondary N) is 1. The molecule has 1 heterocycles. The van der Waals surface area contributed by atoms with Crippen molar-refractivity contribution in [2.24, 2.45) is 0 Å². The quantitative estimate of drug-likeness (QED) is 0.210. The highest BCUT2D eigenvalue weighted by Gasteiger charge is 2.34. The van der Waals surface area contributed by atoms with E-state index in [1.807, 2.05) is 13.0 Å². The van der Waals surface area contributed by atoms with Crippen molar-refractivity contribution in [3.05, 3.63) is 95.4 Å². The number of hydrogen-bond donors (Lipinski definition) is 3.